The van der Waals surface area contributed by atoms with Crippen LogP contribution >= 0.6 is 0 Å². The molecule has 8 nitrogen and oxygen atoms in total. The quantitative estimate of drug-likeness (QED) is 0.337. The Labute approximate surface area is 216 Å². The van der Waals surface area contributed by atoms with Crippen molar-refractivity contribution in [3.8, 4) is 11.1 Å². The van der Waals surface area contributed by atoms with E-state index in [4.69, 9.17) is 10.5 Å². The average molecular weight is 501 g/mol. The van der Waals surface area contributed by atoms with E-state index in [1.165, 1.54) is 0 Å². The maximum atomic E-state index is 12.9. The molecule has 3 atom stereocenters. The lowest BCUT2D eigenvalue weighted by Crippen LogP contribution is -2.56. The van der Waals surface area contributed by atoms with Crippen LogP contribution < -0.4 is 21.7 Å². The second-order valence-corrected chi connectivity index (χ2v) is 9.24. The molecule has 0 spiro atoms. The maximum Gasteiger partial charge on any atom is 0.407 e. The number of hydrogen-bond donors (Lipinski definition) is 4. The van der Waals surface area contributed by atoms with E-state index in [9.17, 15) is 14.4 Å². The van der Waals surface area contributed by atoms with Gasteiger partial charge in [0.25, 0.3) is 0 Å². The first-order chi connectivity index (χ1) is 17.8. The van der Waals surface area contributed by atoms with Gasteiger partial charge in [0.2, 0.25) is 11.8 Å². The summed E-state index contributed by atoms with van der Waals surface area (Å²) < 4.78 is 5.54. The minimum Gasteiger partial charge on any atom is -0.449 e. The van der Waals surface area contributed by atoms with Gasteiger partial charge in [-0.15, -0.1) is 0 Å². The summed E-state index contributed by atoms with van der Waals surface area (Å²) in [5, 5.41) is 8.11. The molecule has 37 heavy (non-hydrogen) atoms. The lowest BCUT2D eigenvalue weighted by atomic mass is 9.98. The Kier molecular flexibility index (Phi) is 8.20. The third-order valence-corrected chi connectivity index (χ3v) is 6.40. The molecule has 0 aromatic heterocycles. The first-order valence-corrected chi connectivity index (χ1v) is 12.3. The Morgan fingerprint density at radius 2 is 1.32 bits per heavy atom. The van der Waals surface area contributed by atoms with Gasteiger partial charge in [-0.1, -0.05) is 78.9 Å². The van der Waals surface area contributed by atoms with Crippen LogP contribution in [-0.4, -0.2) is 42.8 Å². The van der Waals surface area contributed by atoms with E-state index in [0.29, 0.717) is 6.42 Å². The van der Waals surface area contributed by atoms with Gasteiger partial charge in [0, 0.05) is 12.3 Å². The molecule has 0 aliphatic heterocycles. The Morgan fingerprint density at radius 3 is 1.92 bits per heavy atom. The van der Waals surface area contributed by atoms with Crippen molar-refractivity contribution in [2.45, 2.75) is 44.4 Å². The van der Waals surface area contributed by atoms with Crippen molar-refractivity contribution in [2.75, 3.05) is 6.61 Å². The number of carbonyl (C=O) groups is 3. The molecule has 3 aromatic rings. The van der Waals surface area contributed by atoms with Gasteiger partial charge in [0.15, 0.2) is 0 Å². The number of rotatable bonds is 9. The number of benzene rings is 3. The van der Waals surface area contributed by atoms with Crippen LogP contribution in [0.4, 0.5) is 4.79 Å². The van der Waals surface area contributed by atoms with E-state index in [-0.39, 0.29) is 12.5 Å². The number of fused-ring (bicyclic) bond motifs is 3. The summed E-state index contributed by atoms with van der Waals surface area (Å²) in [6.45, 7) is 3.27. The van der Waals surface area contributed by atoms with Crippen molar-refractivity contribution in [3.63, 3.8) is 0 Å². The largest absolute Gasteiger partial charge is 0.449 e. The van der Waals surface area contributed by atoms with E-state index in [1.807, 2.05) is 66.7 Å². The Hall–Kier alpha value is -4.17. The monoisotopic (exact) mass is 500 g/mol. The summed E-state index contributed by atoms with van der Waals surface area (Å²) in [5.74, 6) is -0.927. The second kappa shape index (κ2) is 11.7. The van der Waals surface area contributed by atoms with E-state index in [2.05, 4.69) is 28.1 Å². The fraction of sp³-hybridized carbons (Fsp3) is 0.276. The van der Waals surface area contributed by atoms with Gasteiger partial charge in [0.1, 0.15) is 18.8 Å². The SMILES string of the molecule is C[C@H](N)C(=O)N[C@@H](Cc1ccccc1)NC(=O)[C@H](C)NC(=O)OCC1c2ccccc2-c2ccccc21. The normalized spacial score (nSPS) is 14.5. The van der Waals surface area contributed by atoms with Gasteiger partial charge in [-0.3, -0.25) is 9.59 Å². The molecule has 3 amide bonds. The highest BCUT2D eigenvalue weighted by molar-refractivity contribution is 5.86. The highest BCUT2D eigenvalue weighted by atomic mass is 16.5. The maximum absolute atomic E-state index is 12.9. The fourth-order valence-corrected chi connectivity index (χ4v) is 4.47. The molecule has 0 saturated heterocycles. The van der Waals surface area contributed by atoms with Crippen LogP contribution in [0.5, 0.6) is 0 Å². The van der Waals surface area contributed by atoms with E-state index < -0.39 is 36.2 Å². The smallest absolute Gasteiger partial charge is 0.407 e. The minimum atomic E-state index is -0.888. The van der Waals surface area contributed by atoms with Crippen molar-refractivity contribution >= 4 is 17.9 Å². The number of hydrogen-bond acceptors (Lipinski definition) is 5. The number of nitrogens with one attached hydrogen (secondary N) is 3. The van der Waals surface area contributed by atoms with Gasteiger partial charge in [-0.25, -0.2) is 4.79 Å². The molecule has 0 radical (unpaired) electrons. The summed E-state index contributed by atoms with van der Waals surface area (Å²) >= 11 is 0. The number of alkyl carbamates (subject to hydrolysis) is 1. The highest BCUT2D eigenvalue weighted by Gasteiger charge is 2.29. The summed E-state index contributed by atoms with van der Waals surface area (Å²) in [5.41, 5.74) is 11.1. The molecule has 0 saturated carbocycles. The van der Waals surface area contributed by atoms with Crippen molar-refractivity contribution in [1.82, 2.24) is 16.0 Å². The van der Waals surface area contributed by atoms with Crippen molar-refractivity contribution < 1.29 is 19.1 Å². The van der Waals surface area contributed by atoms with Crippen molar-refractivity contribution in [1.29, 1.82) is 0 Å². The first-order valence-electron chi connectivity index (χ1n) is 12.3. The zero-order valence-electron chi connectivity index (χ0n) is 20.9. The average Bonchev–Trinajstić information content (AvgIpc) is 3.21. The Bertz CT molecular complexity index is 1220. The zero-order valence-corrected chi connectivity index (χ0v) is 20.9. The predicted octanol–water partition coefficient (Wildman–Crippen LogP) is 3.06. The summed E-state index contributed by atoms with van der Waals surface area (Å²) in [4.78, 5) is 37.6. The van der Waals surface area contributed by atoms with Crippen LogP contribution in [0.2, 0.25) is 0 Å². The summed E-state index contributed by atoms with van der Waals surface area (Å²) in [7, 11) is 0. The molecule has 0 fully saturated rings. The van der Waals surface area contributed by atoms with Crippen molar-refractivity contribution in [3.05, 3.63) is 95.6 Å². The topological polar surface area (TPSA) is 123 Å². The molecule has 3 aromatic carbocycles. The lowest BCUT2D eigenvalue weighted by Gasteiger charge is -2.24. The van der Waals surface area contributed by atoms with E-state index in [1.54, 1.807) is 13.8 Å². The number of nitrogens with two attached hydrogens (primary N) is 1. The predicted molar refractivity (Wildman–Crippen MR) is 142 cm³/mol. The first kappa shape index (κ1) is 25.9. The molecule has 0 unspecified atom stereocenters. The molecule has 1 aliphatic carbocycles. The third-order valence-electron chi connectivity index (χ3n) is 6.40. The van der Waals surface area contributed by atoms with Crippen LogP contribution in [0.1, 0.15) is 36.5 Å². The number of carbonyl (C=O) groups excluding carboxylic acids is 3. The molecular formula is C29H32N4O4. The molecule has 0 bridgehead atoms. The summed E-state index contributed by atoms with van der Waals surface area (Å²) in [6, 6.07) is 24.0. The Morgan fingerprint density at radius 1 is 0.784 bits per heavy atom. The summed E-state index contributed by atoms with van der Waals surface area (Å²) in [6.07, 6.45) is -1.02. The van der Waals surface area contributed by atoms with Crippen LogP contribution in [0.3, 0.4) is 0 Å². The number of ether oxygens (including phenoxy) is 1. The molecule has 0 heterocycles. The number of amides is 3. The zero-order chi connectivity index (χ0) is 26.4. The standard InChI is InChI=1S/C29H32N4O4/c1-18(30)27(34)32-26(16-20-10-4-3-5-11-20)33-28(35)19(2)31-29(36)37-17-25-23-14-8-6-12-21(23)22-13-7-9-15-24(22)25/h3-15,18-19,25-26H,16-17,30H2,1-2H3,(H,31,36)(H,32,34)(H,33,35)/t18-,19-,26+/m0/s1. The molecule has 1 aliphatic rings. The van der Waals surface area contributed by atoms with Gasteiger partial charge < -0.3 is 26.4 Å². The molecule has 8 heteroatoms. The van der Waals surface area contributed by atoms with Gasteiger partial charge in [-0.2, -0.15) is 0 Å². The molecular weight excluding hydrogens is 468 g/mol. The van der Waals surface area contributed by atoms with Gasteiger partial charge >= 0.3 is 6.09 Å². The highest BCUT2D eigenvalue weighted by Crippen LogP contribution is 2.44. The van der Waals surface area contributed by atoms with E-state index >= 15 is 0 Å². The molecule has 5 N–H and O–H groups in total. The fourth-order valence-electron chi connectivity index (χ4n) is 4.47. The van der Waals surface area contributed by atoms with Crippen LogP contribution in [-0.2, 0) is 20.7 Å². The van der Waals surface area contributed by atoms with Gasteiger partial charge in [0.05, 0.1) is 6.04 Å². The third kappa shape index (κ3) is 6.34. The van der Waals surface area contributed by atoms with Crippen molar-refractivity contribution in [2.24, 2.45) is 5.73 Å². The van der Waals surface area contributed by atoms with Crippen LogP contribution in [0.15, 0.2) is 78.9 Å². The lowest BCUT2D eigenvalue weighted by molar-refractivity contribution is -0.125. The van der Waals surface area contributed by atoms with E-state index in [0.717, 1.165) is 27.8 Å². The van der Waals surface area contributed by atoms with Gasteiger partial charge in [-0.05, 0) is 41.7 Å². The minimum absolute atomic E-state index is 0.0778. The Balaban J connectivity index is 1.34. The molecule has 192 valence electrons. The molecule has 4 rings (SSSR count). The van der Waals surface area contributed by atoms with Crippen LogP contribution in [0.25, 0.3) is 11.1 Å². The van der Waals surface area contributed by atoms with Crippen LogP contribution in [0, 0.1) is 0 Å². The second-order valence-electron chi connectivity index (χ2n) is 9.24.